The van der Waals surface area contributed by atoms with Gasteiger partial charge in [0, 0.05) is 12.1 Å². The summed E-state index contributed by atoms with van der Waals surface area (Å²) in [7, 11) is 2.12. The summed E-state index contributed by atoms with van der Waals surface area (Å²) in [5.74, 6) is 0.401. The number of nitrogens with one attached hydrogen (secondary N) is 1. The molecule has 1 aromatic heterocycles. The number of rotatable bonds is 3. The number of carbonyl (C=O) groups excluding carboxylic acids is 1. The Morgan fingerprint density at radius 3 is 2.53 bits per heavy atom. The zero-order valence-electron chi connectivity index (χ0n) is 10.8. The van der Waals surface area contributed by atoms with Gasteiger partial charge in [-0.15, -0.1) is 0 Å². The summed E-state index contributed by atoms with van der Waals surface area (Å²) in [6.07, 6.45) is 2.24. The van der Waals surface area contributed by atoms with E-state index in [-0.39, 0.29) is 16.2 Å². The van der Waals surface area contributed by atoms with Gasteiger partial charge in [0.15, 0.2) is 0 Å². The highest BCUT2D eigenvalue weighted by Crippen LogP contribution is 2.16. The lowest BCUT2D eigenvalue weighted by molar-refractivity contribution is 0.0939. The van der Waals surface area contributed by atoms with E-state index in [0.717, 1.165) is 25.9 Å². The minimum absolute atomic E-state index is 0.148. The molecule has 1 amide bonds. The maximum atomic E-state index is 12.0. The second-order valence-electron chi connectivity index (χ2n) is 4.96. The number of aromatic nitrogens is 1. The van der Waals surface area contributed by atoms with Crippen LogP contribution in [0.3, 0.4) is 0 Å². The van der Waals surface area contributed by atoms with Gasteiger partial charge in [-0.1, -0.05) is 23.2 Å². The smallest absolute Gasteiger partial charge is 0.251 e. The lowest BCUT2D eigenvalue weighted by Gasteiger charge is -2.28. The van der Waals surface area contributed by atoms with Gasteiger partial charge in [-0.05, 0) is 51.0 Å². The summed E-state index contributed by atoms with van der Waals surface area (Å²) >= 11 is 11.6. The molecule has 0 atom stereocenters. The Morgan fingerprint density at radius 1 is 1.37 bits per heavy atom. The molecule has 1 aliphatic rings. The minimum atomic E-state index is -0.148. The molecule has 0 bridgehead atoms. The van der Waals surface area contributed by atoms with Crippen LogP contribution in [-0.2, 0) is 0 Å². The molecule has 0 aliphatic carbocycles. The maximum absolute atomic E-state index is 12.0. The Balaban J connectivity index is 1.87. The first-order valence-electron chi connectivity index (χ1n) is 6.34. The van der Waals surface area contributed by atoms with E-state index in [9.17, 15) is 4.79 Å². The predicted octanol–water partition coefficient (Wildman–Crippen LogP) is 2.46. The fourth-order valence-corrected chi connectivity index (χ4v) is 2.66. The van der Waals surface area contributed by atoms with Crippen LogP contribution in [0, 0.1) is 5.92 Å². The molecule has 1 saturated heterocycles. The Hall–Kier alpha value is -0.840. The molecule has 0 unspecified atom stereocenters. The van der Waals surface area contributed by atoms with Crippen molar-refractivity contribution in [2.45, 2.75) is 12.8 Å². The highest BCUT2D eigenvalue weighted by molar-refractivity contribution is 6.33. The third kappa shape index (κ3) is 4.34. The largest absolute Gasteiger partial charge is 0.352 e. The van der Waals surface area contributed by atoms with Gasteiger partial charge in [-0.25, -0.2) is 4.98 Å². The van der Waals surface area contributed by atoms with E-state index >= 15 is 0 Å². The van der Waals surface area contributed by atoms with Gasteiger partial charge in [-0.3, -0.25) is 4.79 Å². The number of nitrogens with zero attached hydrogens (tertiary/aromatic N) is 2. The van der Waals surface area contributed by atoms with E-state index in [1.807, 2.05) is 0 Å². The number of carbonyl (C=O) groups is 1. The lowest BCUT2D eigenvalue weighted by atomic mass is 9.97. The van der Waals surface area contributed by atoms with E-state index in [4.69, 9.17) is 23.2 Å². The number of hydrogen-bond acceptors (Lipinski definition) is 3. The number of likely N-dealkylation sites (tertiary alicyclic amines) is 1. The Kier molecular flexibility index (Phi) is 5.02. The molecule has 0 aromatic carbocycles. The number of halogens is 2. The fraction of sp³-hybridized carbons (Fsp3) is 0.538. The van der Waals surface area contributed by atoms with E-state index in [1.54, 1.807) is 0 Å². The zero-order valence-corrected chi connectivity index (χ0v) is 12.3. The van der Waals surface area contributed by atoms with Crippen LogP contribution in [0.15, 0.2) is 12.1 Å². The number of amides is 1. The van der Waals surface area contributed by atoms with Crippen molar-refractivity contribution in [1.29, 1.82) is 0 Å². The molecule has 2 heterocycles. The first kappa shape index (κ1) is 14.6. The summed E-state index contributed by atoms with van der Waals surface area (Å²) in [5.41, 5.74) is 0.456. The molecular formula is C13H17Cl2N3O. The van der Waals surface area contributed by atoms with Crippen molar-refractivity contribution in [1.82, 2.24) is 15.2 Å². The fourth-order valence-electron chi connectivity index (χ4n) is 2.20. The lowest BCUT2D eigenvalue weighted by Crippen LogP contribution is -2.36. The Bertz CT molecular complexity index is 439. The molecule has 104 valence electrons. The SMILES string of the molecule is CN1CCC(CNC(=O)c2cc(Cl)nc(Cl)c2)CC1. The first-order chi connectivity index (χ1) is 9.04. The third-order valence-electron chi connectivity index (χ3n) is 3.41. The molecule has 4 nitrogen and oxygen atoms in total. The normalized spacial score (nSPS) is 17.4. The van der Waals surface area contributed by atoms with Crippen molar-refractivity contribution in [3.63, 3.8) is 0 Å². The highest BCUT2D eigenvalue weighted by atomic mass is 35.5. The van der Waals surface area contributed by atoms with Crippen LogP contribution in [0.1, 0.15) is 23.2 Å². The van der Waals surface area contributed by atoms with Crippen molar-refractivity contribution in [2.24, 2.45) is 5.92 Å². The van der Waals surface area contributed by atoms with Crippen molar-refractivity contribution in [2.75, 3.05) is 26.7 Å². The number of pyridine rings is 1. The molecule has 6 heteroatoms. The zero-order chi connectivity index (χ0) is 13.8. The van der Waals surface area contributed by atoms with Crippen molar-refractivity contribution in [3.05, 3.63) is 28.0 Å². The van der Waals surface area contributed by atoms with Gasteiger partial charge >= 0.3 is 0 Å². The third-order valence-corrected chi connectivity index (χ3v) is 3.80. The van der Waals surface area contributed by atoms with Gasteiger partial charge in [0.1, 0.15) is 10.3 Å². The van der Waals surface area contributed by atoms with Gasteiger partial charge in [0.2, 0.25) is 0 Å². The van der Waals surface area contributed by atoms with Crippen LogP contribution in [0.4, 0.5) is 0 Å². The maximum Gasteiger partial charge on any atom is 0.251 e. The van der Waals surface area contributed by atoms with Gasteiger partial charge < -0.3 is 10.2 Å². The van der Waals surface area contributed by atoms with E-state index in [2.05, 4.69) is 22.2 Å². The average molecular weight is 302 g/mol. The standard InChI is InChI=1S/C13H17Cl2N3O/c1-18-4-2-9(3-5-18)8-16-13(19)10-6-11(14)17-12(15)7-10/h6-7,9H,2-5,8H2,1H3,(H,16,19). The molecule has 1 N–H and O–H groups in total. The quantitative estimate of drug-likeness (QED) is 0.872. The summed E-state index contributed by atoms with van der Waals surface area (Å²) in [6, 6.07) is 3.05. The van der Waals surface area contributed by atoms with Gasteiger partial charge in [0.25, 0.3) is 5.91 Å². The molecule has 19 heavy (non-hydrogen) atoms. The highest BCUT2D eigenvalue weighted by Gasteiger charge is 2.17. The van der Waals surface area contributed by atoms with Crippen molar-refractivity contribution in [3.8, 4) is 0 Å². The molecule has 1 aliphatic heterocycles. The molecule has 2 rings (SSSR count). The van der Waals surface area contributed by atoms with Crippen molar-refractivity contribution >= 4 is 29.1 Å². The molecule has 1 aromatic rings. The van der Waals surface area contributed by atoms with Gasteiger partial charge in [0.05, 0.1) is 0 Å². The van der Waals surface area contributed by atoms with E-state index in [0.29, 0.717) is 18.0 Å². The Labute approximate surface area is 123 Å². The second kappa shape index (κ2) is 6.55. The molecule has 0 spiro atoms. The average Bonchev–Trinajstić information content (AvgIpc) is 2.36. The van der Waals surface area contributed by atoms with Crippen LogP contribution in [0.25, 0.3) is 0 Å². The molecule has 0 radical (unpaired) electrons. The van der Waals surface area contributed by atoms with Crippen LogP contribution >= 0.6 is 23.2 Å². The van der Waals surface area contributed by atoms with E-state index in [1.165, 1.54) is 12.1 Å². The monoisotopic (exact) mass is 301 g/mol. The molecule has 0 saturated carbocycles. The van der Waals surface area contributed by atoms with Crippen molar-refractivity contribution < 1.29 is 4.79 Å². The molecular weight excluding hydrogens is 285 g/mol. The minimum Gasteiger partial charge on any atom is -0.352 e. The first-order valence-corrected chi connectivity index (χ1v) is 7.10. The van der Waals surface area contributed by atoms with E-state index < -0.39 is 0 Å². The summed E-state index contributed by atoms with van der Waals surface area (Å²) in [4.78, 5) is 18.1. The van der Waals surface area contributed by atoms with Crippen LogP contribution < -0.4 is 5.32 Å². The Morgan fingerprint density at radius 2 is 1.95 bits per heavy atom. The molecule has 1 fully saturated rings. The van der Waals surface area contributed by atoms with Crippen LogP contribution in [0.2, 0.25) is 10.3 Å². The van der Waals surface area contributed by atoms with Gasteiger partial charge in [-0.2, -0.15) is 0 Å². The number of hydrogen-bond donors (Lipinski definition) is 1. The number of piperidine rings is 1. The van der Waals surface area contributed by atoms with Crippen LogP contribution in [-0.4, -0.2) is 42.5 Å². The predicted molar refractivity (Wildman–Crippen MR) is 76.8 cm³/mol. The summed E-state index contributed by atoms with van der Waals surface area (Å²) < 4.78 is 0. The summed E-state index contributed by atoms with van der Waals surface area (Å²) in [5, 5.41) is 3.40. The second-order valence-corrected chi connectivity index (χ2v) is 5.73. The topological polar surface area (TPSA) is 45.2 Å². The van der Waals surface area contributed by atoms with Crippen LogP contribution in [0.5, 0.6) is 0 Å². The summed E-state index contributed by atoms with van der Waals surface area (Å²) in [6.45, 7) is 2.88.